The van der Waals surface area contributed by atoms with Crippen LogP contribution in [0.2, 0.25) is 0 Å². The number of benzene rings is 1. The van der Waals surface area contributed by atoms with Gasteiger partial charge in [0.25, 0.3) is 0 Å². The summed E-state index contributed by atoms with van der Waals surface area (Å²) in [6, 6.07) is 5.84. The van der Waals surface area contributed by atoms with Crippen LogP contribution in [-0.2, 0) is 19.4 Å². The molecule has 1 N–H and O–H groups in total. The minimum absolute atomic E-state index is 0.0185. The average Bonchev–Trinajstić information content (AvgIpc) is 3.18. The lowest BCUT2D eigenvalue weighted by molar-refractivity contribution is -0.117. The molecule has 11 heteroatoms. The highest BCUT2D eigenvalue weighted by atomic mass is 32.2. The number of carbonyl (C=O) groups excluding carboxylic acids is 2. The number of aryl methyl sites for hydroxylation is 1. The molecule has 2 aliphatic rings. The van der Waals surface area contributed by atoms with Crippen LogP contribution in [0.15, 0.2) is 23.2 Å². The number of ether oxygens (including phenoxy) is 1. The van der Waals surface area contributed by atoms with Crippen molar-refractivity contribution in [2.24, 2.45) is 4.99 Å². The number of fused-ring (bicyclic) bond motifs is 1. The first-order valence-corrected chi connectivity index (χ1v) is 14.6. The second-order valence-electron chi connectivity index (χ2n) is 9.78. The number of sulfone groups is 1. The number of thioether (sulfide) groups is 1. The third kappa shape index (κ3) is 6.91. The van der Waals surface area contributed by atoms with Crippen LogP contribution in [0.25, 0.3) is 0 Å². The molecule has 194 valence electrons. The maximum Gasteiger partial charge on any atom is 0.407 e. The van der Waals surface area contributed by atoms with E-state index in [0.29, 0.717) is 5.17 Å². The number of rotatable bonds is 7. The maximum absolute atomic E-state index is 12.7. The van der Waals surface area contributed by atoms with Gasteiger partial charge in [-0.1, -0.05) is 11.8 Å². The zero-order valence-corrected chi connectivity index (χ0v) is 23.0. The van der Waals surface area contributed by atoms with Crippen LogP contribution in [0.1, 0.15) is 46.6 Å². The molecule has 0 bridgehead atoms. The van der Waals surface area contributed by atoms with E-state index >= 15 is 0 Å². The summed E-state index contributed by atoms with van der Waals surface area (Å²) in [5, 5.41) is 2.91. The van der Waals surface area contributed by atoms with Gasteiger partial charge < -0.3 is 19.9 Å². The van der Waals surface area contributed by atoms with Gasteiger partial charge >= 0.3 is 6.09 Å². The third-order valence-electron chi connectivity index (χ3n) is 5.86. The van der Waals surface area contributed by atoms with Gasteiger partial charge in [-0.25, -0.2) is 13.2 Å². The summed E-state index contributed by atoms with van der Waals surface area (Å²) in [4.78, 5) is 33.0. The van der Waals surface area contributed by atoms with Crippen molar-refractivity contribution in [3.8, 4) is 0 Å². The minimum Gasteiger partial charge on any atom is -0.444 e. The zero-order valence-electron chi connectivity index (χ0n) is 21.3. The highest BCUT2D eigenvalue weighted by Gasteiger charge is 2.49. The largest absolute Gasteiger partial charge is 0.444 e. The van der Waals surface area contributed by atoms with E-state index in [9.17, 15) is 18.0 Å². The normalized spacial score (nSPS) is 22.2. The number of hydrogen-bond acceptors (Lipinski definition) is 7. The van der Waals surface area contributed by atoms with E-state index in [2.05, 4.69) is 35.1 Å². The molecule has 0 radical (unpaired) electrons. The molecule has 2 atom stereocenters. The van der Waals surface area contributed by atoms with E-state index in [0.717, 1.165) is 30.0 Å². The van der Waals surface area contributed by atoms with Gasteiger partial charge in [-0.15, -0.1) is 0 Å². The number of nitrogens with zero attached hydrogens (tertiary/aromatic N) is 3. The molecule has 3 rings (SSSR count). The Kier molecular flexibility index (Phi) is 8.41. The maximum atomic E-state index is 12.7. The second kappa shape index (κ2) is 10.8. The van der Waals surface area contributed by atoms with Crippen LogP contribution in [0.3, 0.4) is 0 Å². The van der Waals surface area contributed by atoms with E-state index in [1.54, 1.807) is 20.8 Å². The summed E-state index contributed by atoms with van der Waals surface area (Å²) in [5.74, 6) is -0.271. The van der Waals surface area contributed by atoms with Gasteiger partial charge in [0.15, 0.2) is 15.0 Å². The molecule has 2 heterocycles. The highest BCUT2D eigenvalue weighted by Crippen LogP contribution is 2.42. The number of hydrogen-bond donors (Lipinski definition) is 1. The molecular formula is C24H36N4O5S2. The van der Waals surface area contributed by atoms with E-state index in [-0.39, 0.29) is 41.7 Å². The van der Waals surface area contributed by atoms with Gasteiger partial charge in [0, 0.05) is 42.7 Å². The Morgan fingerprint density at radius 2 is 1.91 bits per heavy atom. The fourth-order valence-electron chi connectivity index (χ4n) is 4.29. The summed E-state index contributed by atoms with van der Waals surface area (Å²) in [6.45, 7) is 13.4. The van der Waals surface area contributed by atoms with Crippen LogP contribution < -0.4 is 15.1 Å². The van der Waals surface area contributed by atoms with Crippen LogP contribution in [0.4, 0.5) is 16.2 Å². The third-order valence-corrected chi connectivity index (χ3v) is 9.07. The van der Waals surface area contributed by atoms with Gasteiger partial charge in [0.2, 0.25) is 5.91 Å². The molecule has 9 nitrogen and oxygen atoms in total. The van der Waals surface area contributed by atoms with Crippen LogP contribution >= 0.6 is 11.8 Å². The first-order chi connectivity index (χ1) is 16.3. The topological polar surface area (TPSA) is 108 Å². The van der Waals surface area contributed by atoms with Crippen LogP contribution in [0.5, 0.6) is 0 Å². The Bertz CT molecular complexity index is 1090. The number of carbonyl (C=O) groups is 2. The smallest absolute Gasteiger partial charge is 0.407 e. The summed E-state index contributed by atoms with van der Waals surface area (Å²) >= 11 is 1.34. The van der Waals surface area contributed by atoms with Gasteiger partial charge in [0.05, 0.1) is 17.5 Å². The quantitative estimate of drug-likeness (QED) is 0.579. The molecule has 1 aromatic carbocycles. The van der Waals surface area contributed by atoms with Crippen molar-refractivity contribution in [2.75, 3.05) is 40.9 Å². The molecular weight excluding hydrogens is 488 g/mol. The molecule has 0 aromatic heterocycles. The monoisotopic (exact) mass is 524 g/mol. The molecule has 2 saturated heterocycles. The van der Waals surface area contributed by atoms with E-state index in [1.807, 2.05) is 24.0 Å². The first kappa shape index (κ1) is 27.3. The second-order valence-corrected chi connectivity index (χ2v) is 13.1. The van der Waals surface area contributed by atoms with Crippen molar-refractivity contribution in [3.05, 3.63) is 23.8 Å². The Balaban J connectivity index is 1.80. The molecule has 0 aliphatic carbocycles. The average molecular weight is 525 g/mol. The molecule has 0 unspecified atom stereocenters. The van der Waals surface area contributed by atoms with E-state index in [4.69, 9.17) is 4.74 Å². The van der Waals surface area contributed by atoms with Crippen molar-refractivity contribution < 1.29 is 22.7 Å². The molecule has 2 amide bonds. The van der Waals surface area contributed by atoms with Crippen molar-refractivity contribution in [1.82, 2.24) is 5.32 Å². The first-order valence-electron chi connectivity index (χ1n) is 11.9. The number of nitrogens with one attached hydrogen (secondary N) is 1. The fourth-order valence-corrected chi connectivity index (χ4v) is 8.21. The number of alkyl carbamates (subject to hydrolysis) is 1. The van der Waals surface area contributed by atoms with E-state index < -0.39 is 21.5 Å². The molecule has 1 aromatic rings. The Morgan fingerprint density at radius 1 is 1.23 bits per heavy atom. The van der Waals surface area contributed by atoms with Crippen molar-refractivity contribution in [2.45, 2.75) is 64.9 Å². The van der Waals surface area contributed by atoms with Crippen LogP contribution in [0, 0.1) is 6.92 Å². The summed E-state index contributed by atoms with van der Waals surface area (Å²) < 4.78 is 29.9. The van der Waals surface area contributed by atoms with Crippen molar-refractivity contribution in [3.63, 3.8) is 0 Å². The molecule has 0 saturated carbocycles. The van der Waals surface area contributed by atoms with Crippen LogP contribution in [-0.4, -0.2) is 73.6 Å². The Labute approximate surface area is 212 Å². The fraction of sp³-hybridized carbons (Fsp3) is 0.625. The number of anilines is 2. The SMILES string of the molecule is CCN(CC)c1ccc(N2C(=NC(=O)CCNC(=O)OC(C)(C)C)S[C@H]3CS(=O)(=O)C[C@@H]32)c(C)c1. The van der Waals surface area contributed by atoms with Gasteiger partial charge in [0.1, 0.15) is 5.60 Å². The molecule has 2 fully saturated rings. The van der Waals surface area contributed by atoms with Gasteiger partial charge in [-0.3, -0.25) is 4.79 Å². The predicted octanol–water partition coefficient (Wildman–Crippen LogP) is 3.36. The molecule has 35 heavy (non-hydrogen) atoms. The zero-order chi connectivity index (χ0) is 26.0. The summed E-state index contributed by atoms with van der Waals surface area (Å²) in [6.07, 6.45) is -0.566. The highest BCUT2D eigenvalue weighted by molar-refractivity contribution is 8.16. The molecule has 0 spiro atoms. The lowest BCUT2D eigenvalue weighted by Crippen LogP contribution is -2.38. The summed E-state index contributed by atoms with van der Waals surface area (Å²) in [5.41, 5.74) is 2.33. The standard InChI is InChI=1S/C24H36N4O5S2/c1-7-27(8-2)17-9-10-18(16(3)13-17)28-19-14-35(31,32)15-20(19)34-22(28)26-21(29)11-12-25-23(30)33-24(4,5)6/h9-10,13,19-20H,7-8,11-12,14-15H2,1-6H3,(H,25,30)/t19-,20-/m0/s1. The predicted molar refractivity (Wildman–Crippen MR) is 142 cm³/mol. The number of amidine groups is 1. The van der Waals surface area contributed by atoms with Gasteiger partial charge in [-0.05, 0) is 65.3 Å². The Hall–Kier alpha value is -2.27. The Morgan fingerprint density at radius 3 is 2.51 bits per heavy atom. The lowest BCUT2D eigenvalue weighted by atomic mass is 10.1. The lowest BCUT2D eigenvalue weighted by Gasteiger charge is -2.28. The minimum atomic E-state index is -3.15. The van der Waals surface area contributed by atoms with Crippen molar-refractivity contribution >= 4 is 50.1 Å². The summed E-state index contributed by atoms with van der Waals surface area (Å²) in [7, 11) is -3.15. The number of amides is 2. The van der Waals surface area contributed by atoms with E-state index in [1.165, 1.54) is 11.8 Å². The van der Waals surface area contributed by atoms with Crippen molar-refractivity contribution in [1.29, 1.82) is 0 Å². The number of aliphatic imine (C=N–C) groups is 1. The molecule has 2 aliphatic heterocycles. The van der Waals surface area contributed by atoms with Gasteiger partial charge in [-0.2, -0.15) is 4.99 Å².